The van der Waals surface area contributed by atoms with Gasteiger partial charge in [-0.15, -0.1) is 0 Å². The van der Waals surface area contributed by atoms with Crippen LogP contribution in [0.1, 0.15) is 17.0 Å². The van der Waals surface area contributed by atoms with Gasteiger partial charge in [0.05, 0.1) is 5.69 Å². The van der Waals surface area contributed by atoms with Crippen LogP contribution in [-0.4, -0.2) is 19.7 Å². The number of fused-ring (bicyclic) bond motifs is 1. The van der Waals surface area contributed by atoms with Crippen LogP contribution >= 0.6 is 11.6 Å². The average molecular weight is 274 g/mol. The van der Waals surface area contributed by atoms with Crippen LogP contribution < -0.4 is 0 Å². The van der Waals surface area contributed by atoms with Gasteiger partial charge in [0.1, 0.15) is 0 Å². The first-order chi connectivity index (χ1) is 9.11. The lowest BCUT2D eigenvalue weighted by Gasteiger charge is -1.98. The van der Waals surface area contributed by atoms with Crippen molar-refractivity contribution in [1.82, 2.24) is 14.6 Å². The smallest absolute Gasteiger partial charge is 0.215 e. The summed E-state index contributed by atoms with van der Waals surface area (Å²) in [7, 11) is 0. The molecule has 0 aliphatic rings. The fraction of sp³-hybridized carbons (Fsp3) is 0.143. The molecule has 0 unspecified atom stereocenters. The second kappa shape index (κ2) is 4.55. The van der Waals surface area contributed by atoms with E-state index in [0.29, 0.717) is 17.1 Å². The number of aromatic nitrogens is 3. The third kappa shape index (κ3) is 2.39. The molecule has 0 fully saturated rings. The van der Waals surface area contributed by atoms with Gasteiger partial charge in [-0.2, -0.15) is 9.61 Å². The van der Waals surface area contributed by atoms with Gasteiger partial charge in [-0.25, -0.2) is 4.98 Å². The highest BCUT2D eigenvalue weighted by atomic mass is 35.5. The summed E-state index contributed by atoms with van der Waals surface area (Å²) in [5.74, 6) is 0.0971. The van der Waals surface area contributed by atoms with E-state index in [2.05, 4.69) is 10.1 Å². The van der Waals surface area contributed by atoms with Crippen molar-refractivity contribution < 1.29 is 5.11 Å². The Balaban J connectivity index is 2.00. The third-order valence-electron chi connectivity index (χ3n) is 2.86. The maximum absolute atomic E-state index is 9.81. The van der Waals surface area contributed by atoms with Gasteiger partial charge >= 0.3 is 0 Å². The lowest BCUT2D eigenvalue weighted by atomic mass is 10.1. The fourth-order valence-corrected chi connectivity index (χ4v) is 2.28. The number of halogens is 1. The molecule has 4 nitrogen and oxygen atoms in total. The molecule has 0 atom stereocenters. The molecule has 1 aromatic carbocycles. The summed E-state index contributed by atoms with van der Waals surface area (Å²) < 4.78 is 1.44. The summed E-state index contributed by atoms with van der Waals surface area (Å²) in [6.45, 7) is 1.84. The van der Waals surface area contributed by atoms with Gasteiger partial charge in [-0.05, 0) is 24.6 Å². The molecule has 0 radical (unpaired) electrons. The summed E-state index contributed by atoms with van der Waals surface area (Å²) in [4.78, 5) is 4.33. The first-order valence-corrected chi connectivity index (χ1v) is 6.29. The molecule has 2 aromatic heterocycles. The summed E-state index contributed by atoms with van der Waals surface area (Å²) in [6, 6.07) is 11.1. The van der Waals surface area contributed by atoms with E-state index in [1.165, 1.54) is 4.52 Å². The van der Waals surface area contributed by atoms with Crippen LogP contribution in [0.4, 0.5) is 0 Å². The van der Waals surface area contributed by atoms with Gasteiger partial charge in [0.2, 0.25) is 5.88 Å². The van der Waals surface area contributed by atoms with Gasteiger partial charge in [0, 0.05) is 29.3 Å². The van der Waals surface area contributed by atoms with Crippen molar-refractivity contribution in [3.05, 3.63) is 58.4 Å². The van der Waals surface area contributed by atoms with Gasteiger partial charge in [-0.3, -0.25) is 0 Å². The number of aryl methyl sites for hydroxylation is 1. The normalized spacial score (nSPS) is 11.1. The van der Waals surface area contributed by atoms with Crippen molar-refractivity contribution in [2.45, 2.75) is 13.3 Å². The van der Waals surface area contributed by atoms with Crippen molar-refractivity contribution in [3.8, 4) is 5.88 Å². The predicted molar refractivity (Wildman–Crippen MR) is 73.6 cm³/mol. The maximum Gasteiger partial charge on any atom is 0.215 e. The molecule has 19 heavy (non-hydrogen) atoms. The zero-order valence-corrected chi connectivity index (χ0v) is 11.1. The predicted octanol–water partition coefficient (Wildman–Crippen LogP) is 2.99. The van der Waals surface area contributed by atoms with Crippen LogP contribution in [0.25, 0.3) is 5.65 Å². The highest BCUT2D eigenvalue weighted by Gasteiger charge is 2.08. The van der Waals surface area contributed by atoms with Crippen LogP contribution in [0.2, 0.25) is 5.02 Å². The van der Waals surface area contributed by atoms with E-state index in [9.17, 15) is 5.11 Å². The SMILES string of the molecule is Cc1cc(O)n2nc(Cc3cccc(Cl)c3)cc2n1. The first kappa shape index (κ1) is 12.0. The lowest BCUT2D eigenvalue weighted by molar-refractivity contribution is 0.434. The maximum atomic E-state index is 9.81. The molecule has 0 saturated heterocycles. The second-order valence-electron chi connectivity index (χ2n) is 4.47. The van der Waals surface area contributed by atoms with E-state index in [1.807, 2.05) is 37.3 Å². The molecule has 1 N–H and O–H groups in total. The Morgan fingerprint density at radius 2 is 2.11 bits per heavy atom. The fourth-order valence-electron chi connectivity index (χ4n) is 2.07. The van der Waals surface area contributed by atoms with Crippen LogP contribution in [0.5, 0.6) is 5.88 Å². The van der Waals surface area contributed by atoms with E-state index in [1.54, 1.807) is 6.07 Å². The van der Waals surface area contributed by atoms with Gasteiger partial charge < -0.3 is 5.11 Å². The molecule has 3 aromatic rings. The minimum absolute atomic E-state index is 0.0971. The number of hydrogen-bond acceptors (Lipinski definition) is 3. The Morgan fingerprint density at radius 3 is 2.89 bits per heavy atom. The van der Waals surface area contributed by atoms with Gasteiger partial charge in [0.15, 0.2) is 5.65 Å². The Labute approximate surface area is 115 Å². The van der Waals surface area contributed by atoms with E-state index in [4.69, 9.17) is 11.6 Å². The Bertz CT molecular complexity index is 752. The molecule has 96 valence electrons. The van der Waals surface area contributed by atoms with Crippen molar-refractivity contribution in [1.29, 1.82) is 0 Å². The number of rotatable bonds is 2. The molecular weight excluding hydrogens is 262 g/mol. The van der Waals surface area contributed by atoms with E-state index in [-0.39, 0.29) is 5.88 Å². The molecule has 0 aliphatic heterocycles. The van der Waals surface area contributed by atoms with Crippen LogP contribution in [-0.2, 0) is 6.42 Å². The molecule has 0 bridgehead atoms. The van der Waals surface area contributed by atoms with Crippen molar-refractivity contribution >= 4 is 17.2 Å². The van der Waals surface area contributed by atoms with Crippen molar-refractivity contribution in [2.75, 3.05) is 0 Å². The van der Waals surface area contributed by atoms with E-state index >= 15 is 0 Å². The number of aromatic hydroxyl groups is 1. The summed E-state index contributed by atoms with van der Waals surface area (Å²) >= 11 is 5.96. The van der Waals surface area contributed by atoms with Crippen LogP contribution in [0, 0.1) is 6.92 Å². The van der Waals surface area contributed by atoms with Crippen molar-refractivity contribution in [3.63, 3.8) is 0 Å². The quantitative estimate of drug-likeness (QED) is 0.781. The van der Waals surface area contributed by atoms with Crippen LogP contribution in [0.15, 0.2) is 36.4 Å². The molecular formula is C14H12ClN3O. The van der Waals surface area contributed by atoms with Crippen molar-refractivity contribution in [2.24, 2.45) is 0 Å². The second-order valence-corrected chi connectivity index (χ2v) is 4.90. The van der Waals surface area contributed by atoms with Gasteiger partial charge in [-0.1, -0.05) is 23.7 Å². The monoisotopic (exact) mass is 273 g/mol. The summed E-state index contributed by atoms with van der Waals surface area (Å²) in [5, 5.41) is 14.9. The molecule has 5 heteroatoms. The number of hydrogen-bond donors (Lipinski definition) is 1. The molecule has 0 saturated carbocycles. The van der Waals surface area contributed by atoms with E-state index in [0.717, 1.165) is 17.0 Å². The Hall–Kier alpha value is -2.07. The molecule has 3 rings (SSSR count). The molecule has 0 aliphatic carbocycles. The Morgan fingerprint density at radius 1 is 1.26 bits per heavy atom. The molecule has 0 spiro atoms. The zero-order chi connectivity index (χ0) is 13.4. The summed E-state index contributed by atoms with van der Waals surface area (Å²) in [6.07, 6.45) is 0.655. The van der Waals surface area contributed by atoms with E-state index < -0.39 is 0 Å². The first-order valence-electron chi connectivity index (χ1n) is 5.91. The molecule has 0 amide bonds. The highest BCUT2D eigenvalue weighted by Crippen LogP contribution is 2.18. The lowest BCUT2D eigenvalue weighted by Crippen LogP contribution is -1.94. The minimum Gasteiger partial charge on any atom is -0.493 e. The van der Waals surface area contributed by atoms with Crippen LogP contribution in [0.3, 0.4) is 0 Å². The molecule has 2 heterocycles. The largest absolute Gasteiger partial charge is 0.493 e. The highest BCUT2D eigenvalue weighted by molar-refractivity contribution is 6.30. The number of benzene rings is 1. The summed E-state index contributed by atoms with van der Waals surface area (Å²) in [5.41, 5.74) is 3.33. The third-order valence-corrected chi connectivity index (χ3v) is 3.10. The topological polar surface area (TPSA) is 50.4 Å². The Kier molecular flexibility index (Phi) is 2.87. The minimum atomic E-state index is 0.0971. The average Bonchev–Trinajstić information content (AvgIpc) is 2.71. The zero-order valence-electron chi connectivity index (χ0n) is 10.3. The number of nitrogens with zero attached hydrogens (tertiary/aromatic N) is 3. The van der Waals surface area contributed by atoms with Gasteiger partial charge in [0.25, 0.3) is 0 Å². The standard InChI is InChI=1S/C14H12ClN3O/c1-9-5-14(19)18-13(16-9)8-12(17-18)7-10-3-2-4-11(15)6-10/h2-6,8,19H,7H2,1H3.